The summed E-state index contributed by atoms with van der Waals surface area (Å²) >= 11 is 0. The number of unbranched alkanes of at least 4 members (excludes halogenated alkanes) is 1. The Morgan fingerprint density at radius 3 is 3.07 bits per heavy atom. The molecule has 0 unspecified atom stereocenters. The maximum absolute atomic E-state index is 11.6. The van der Waals surface area contributed by atoms with Gasteiger partial charge in [-0.15, -0.1) is 0 Å². The van der Waals surface area contributed by atoms with Gasteiger partial charge in [-0.25, -0.2) is 0 Å². The van der Waals surface area contributed by atoms with Crippen molar-refractivity contribution in [2.45, 2.75) is 25.7 Å². The number of piperidine rings is 1. The molecule has 4 nitrogen and oxygen atoms in total. The lowest BCUT2D eigenvalue weighted by atomic mass is 9.99. The molecule has 0 aromatic carbocycles. The zero-order chi connectivity index (χ0) is 10.9. The van der Waals surface area contributed by atoms with Crippen LogP contribution in [0.3, 0.4) is 0 Å². The van der Waals surface area contributed by atoms with Crippen molar-refractivity contribution in [3.63, 3.8) is 0 Å². The summed E-state index contributed by atoms with van der Waals surface area (Å²) in [5.74, 6) is 0.390. The molecule has 4 heteroatoms. The van der Waals surface area contributed by atoms with Crippen LogP contribution in [0.5, 0.6) is 0 Å². The van der Waals surface area contributed by atoms with Gasteiger partial charge < -0.3 is 15.4 Å². The van der Waals surface area contributed by atoms with E-state index in [1.165, 1.54) is 0 Å². The monoisotopic (exact) mass is 214 g/mol. The second-order valence-electron chi connectivity index (χ2n) is 4.03. The first-order chi connectivity index (χ1) is 7.34. The van der Waals surface area contributed by atoms with Crippen LogP contribution in [0.25, 0.3) is 0 Å². The van der Waals surface area contributed by atoms with Crippen LogP contribution in [-0.4, -0.2) is 39.3 Å². The quantitative estimate of drug-likeness (QED) is 0.634. The lowest BCUT2D eigenvalue weighted by Crippen LogP contribution is -2.40. The van der Waals surface area contributed by atoms with Gasteiger partial charge in [0.2, 0.25) is 5.91 Å². The molecule has 0 spiro atoms. The summed E-state index contributed by atoms with van der Waals surface area (Å²) in [5, 5.41) is 6.22. The van der Waals surface area contributed by atoms with Crippen molar-refractivity contribution in [1.82, 2.24) is 10.6 Å². The van der Waals surface area contributed by atoms with E-state index in [9.17, 15) is 4.79 Å². The van der Waals surface area contributed by atoms with E-state index in [2.05, 4.69) is 10.6 Å². The molecule has 1 heterocycles. The lowest BCUT2D eigenvalue weighted by molar-refractivity contribution is -0.125. The van der Waals surface area contributed by atoms with E-state index in [0.717, 1.165) is 51.9 Å². The molecule has 0 radical (unpaired) electrons. The highest BCUT2D eigenvalue weighted by Gasteiger charge is 2.19. The third-order valence-corrected chi connectivity index (χ3v) is 2.74. The maximum Gasteiger partial charge on any atom is 0.224 e. The lowest BCUT2D eigenvalue weighted by Gasteiger charge is -2.21. The summed E-state index contributed by atoms with van der Waals surface area (Å²) in [6.07, 6.45) is 4.15. The molecule has 88 valence electrons. The van der Waals surface area contributed by atoms with Crippen molar-refractivity contribution in [2.24, 2.45) is 5.92 Å². The molecule has 0 bridgehead atoms. The number of carbonyl (C=O) groups excluding carboxylic acids is 1. The predicted molar refractivity (Wildman–Crippen MR) is 59.7 cm³/mol. The van der Waals surface area contributed by atoms with Crippen molar-refractivity contribution >= 4 is 5.91 Å². The van der Waals surface area contributed by atoms with Crippen molar-refractivity contribution < 1.29 is 9.53 Å². The average molecular weight is 214 g/mol. The van der Waals surface area contributed by atoms with Crippen LogP contribution in [0, 0.1) is 5.92 Å². The van der Waals surface area contributed by atoms with Crippen LogP contribution >= 0.6 is 0 Å². The van der Waals surface area contributed by atoms with Gasteiger partial charge in [0, 0.05) is 26.8 Å². The fourth-order valence-electron chi connectivity index (χ4n) is 1.80. The second-order valence-corrected chi connectivity index (χ2v) is 4.03. The molecule has 2 N–H and O–H groups in total. The topological polar surface area (TPSA) is 50.4 Å². The Labute approximate surface area is 91.8 Å². The Morgan fingerprint density at radius 2 is 2.40 bits per heavy atom. The number of rotatable bonds is 6. The third kappa shape index (κ3) is 5.14. The highest BCUT2D eigenvalue weighted by molar-refractivity contribution is 5.78. The van der Waals surface area contributed by atoms with Gasteiger partial charge in [-0.05, 0) is 32.2 Å². The molecule has 0 saturated carbocycles. The van der Waals surface area contributed by atoms with E-state index in [1.807, 2.05) is 0 Å². The van der Waals surface area contributed by atoms with E-state index in [1.54, 1.807) is 7.11 Å². The van der Waals surface area contributed by atoms with Gasteiger partial charge in [-0.3, -0.25) is 4.79 Å². The molecular formula is C11H22N2O2. The predicted octanol–water partition coefficient (Wildman–Crippen LogP) is 0.529. The first kappa shape index (κ1) is 12.5. The van der Waals surface area contributed by atoms with Gasteiger partial charge in [0.25, 0.3) is 0 Å². The summed E-state index contributed by atoms with van der Waals surface area (Å²) in [7, 11) is 1.70. The Kier molecular flexibility index (Phi) is 6.36. The van der Waals surface area contributed by atoms with Crippen LogP contribution < -0.4 is 10.6 Å². The smallest absolute Gasteiger partial charge is 0.224 e. The highest BCUT2D eigenvalue weighted by Crippen LogP contribution is 2.09. The van der Waals surface area contributed by atoms with Crippen molar-refractivity contribution in [3.05, 3.63) is 0 Å². The van der Waals surface area contributed by atoms with Crippen molar-refractivity contribution in [3.8, 4) is 0 Å². The summed E-state index contributed by atoms with van der Waals surface area (Å²) < 4.78 is 4.94. The number of hydrogen-bond acceptors (Lipinski definition) is 3. The van der Waals surface area contributed by atoms with E-state index < -0.39 is 0 Å². The number of nitrogens with one attached hydrogen (secondary N) is 2. The molecule has 15 heavy (non-hydrogen) atoms. The van der Waals surface area contributed by atoms with E-state index >= 15 is 0 Å². The van der Waals surface area contributed by atoms with Crippen LogP contribution in [-0.2, 0) is 9.53 Å². The highest BCUT2D eigenvalue weighted by atomic mass is 16.5. The average Bonchev–Trinajstić information content (AvgIpc) is 2.30. The summed E-state index contributed by atoms with van der Waals surface area (Å²) in [4.78, 5) is 11.6. The Bertz CT molecular complexity index is 179. The summed E-state index contributed by atoms with van der Waals surface area (Å²) in [5.41, 5.74) is 0. The molecule has 1 aliphatic heterocycles. The van der Waals surface area contributed by atoms with Crippen LogP contribution in [0.2, 0.25) is 0 Å². The molecule has 1 atom stereocenters. The van der Waals surface area contributed by atoms with Crippen LogP contribution in [0.4, 0.5) is 0 Å². The third-order valence-electron chi connectivity index (χ3n) is 2.74. The van der Waals surface area contributed by atoms with E-state index in [4.69, 9.17) is 4.74 Å². The van der Waals surface area contributed by atoms with E-state index in [0.29, 0.717) is 0 Å². The zero-order valence-electron chi connectivity index (χ0n) is 9.55. The molecule has 1 aliphatic rings. The maximum atomic E-state index is 11.6. The largest absolute Gasteiger partial charge is 0.385 e. The molecule has 1 amide bonds. The number of ether oxygens (including phenoxy) is 1. The SMILES string of the molecule is COCCCCNC(=O)[C@@H]1CCCNC1. The number of hydrogen-bond donors (Lipinski definition) is 2. The first-order valence-electron chi connectivity index (χ1n) is 5.82. The van der Waals surface area contributed by atoms with E-state index in [-0.39, 0.29) is 11.8 Å². The Balaban J connectivity index is 2.02. The summed E-state index contributed by atoms with van der Waals surface area (Å²) in [6, 6.07) is 0. The summed E-state index contributed by atoms with van der Waals surface area (Å²) in [6.45, 7) is 3.45. The second kappa shape index (κ2) is 7.65. The minimum Gasteiger partial charge on any atom is -0.385 e. The van der Waals surface area contributed by atoms with Gasteiger partial charge >= 0.3 is 0 Å². The minimum absolute atomic E-state index is 0.182. The van der Waals surface area contributed by atoms with Gasteiger partial charge in [0.15, 0.2) is 0 Å². The van der Waals surface area contributed by atoms with Gasteiger partial charge in [-0.2, -0.15) is 0 Å². The van der Waals surface area contributed by atoms with Gasteiger partial charge in [0.05, 0.1) is 5.92 Å². The van der Waals surface area contributed by atoms with Crippen molar-refractivity contribution in [1.29, 1.82) is 0 Å². The number of methoxy groups -OCH3 is 1. The first-order valence-corrected chi connectivity index (χ1v) is 5.82. The Morgan fingerprint density at radius 1 is 1.53 bits per heavy atom. The van der Waals surface area contributed by atoms with Gasteiger partial charge in [-0.1, -0.05) is 0 Å². The number of amides is 1. The molecule has 1 fully saturated rings. The standard InChI is InChI=1S/C11H22N2O2/c1-15-8-3-2-7-13-11(14)10-5-4-6-12-9-10/h10,12H,2-9H2,1H3,(H,13,14)/t10-/m1/s1. The van der Waals surface area contributed by atoms with Crippen molar-refractivity contribution in [2.75, 3.05) is 33.4 Å². The molecule has 0 aliphatic carbocycles. The Hall–Kier alpha value is -0.610. The van der Waals surface area contributed by atoms with Crippen LogP contribution in [0.15, 0.2) is 0 Å². The molecule has 0 aromatic rings. The normalized spacial score (nSPS) is 21.3. The fraction of sp³-hybridized carbons (Fsp3) is 0.909. The zero-order valence-corrected chi connectivity index (χ0v) is 9.55. The molecule has 0 aromatic heterocycles. The van der Waals surface area contributed by atoms with Gasteiger partial charge in [0.1, 0.15) is 0 Å². The minimum atomic E-state index is 0.182. The number of carbonyl (C=O) groups is 1. The van der Waals surface area contributed by atoms with Crippen LogP contribution in [0.1, 0.15) is 25.7 Å². The molecule has 1 saturated heterocycles. The molecule has 1 rings (SSSR count). The fourth-order valence-corrected chi connectivity index (χ4v) is 1.80. The molecular weight excluding hydrogens is 192 g/mol.